The van der Waals surface area contributed by atoms with Crippen molar-refractivity contribution in [1.82, 2.24) is 0 Å². The van der Waals surface area contributed by atoms with Crippen LogP contribution in [0.5, 0.6) is 17.2 Å². The summed E-state index contributed by atoms with van der Waals surface area (Å²) in [7, 11) is 0. The van der Waals surface area contributed by atoms with Crippen LogP contribution in [-0.4, -0.2) is 18.2 Å². The maximum atomic E-state index is 10.6. The topological polar surface area (TPSA) is 55.8 Å². The largest absolute Gasteiger partial charge is 0.504 e. The summed E-state index contributed by atoms with van der Waals surface area (Å²) in [5, 5.41) is 9.48. The molecule has 0 saturated heterocycles. The van der Waals surface area contributed by atoms with E-state index >= 15 is 0 Å². The molecule has 4 nitrogen and oxygen atoms in total. The molecule has 2 rings (SSSR count). The van der Waals surface area contributed by atoms with Crippen molar-refractivity contribution in [2.24, 2.45) is 0 Å². The Labute approximate surface area is 78.6 Å². The number of aldehydes is 1. The van der Waals surface area contributed by atoms with Crippen molar-refractivity contribution in [2.75, 3.05) is 6.79 Å². The fourth-order valence-corrected chi connectivity index (χ4v) is 1.38. The third-order valence-corrected chi connectivity index (χ3v) is 2.04. The maximum absolute atomic E-state index is 10.6. The average molecular weight is 201 g/mol. The number of carbonyl (C=O) groups excluding carboxylic acids is 1. The number of carbonyl (C=O) groups is 1. The lowest BCUT2D eigenvalue weighted by Crippen LogP contribution is -1.94. The summed E-state index contributed by atoms with van der Waals surface area (Å²) < 4.78 is 9.92. The molecule has 0 atom stereocenters. The number of ether oxygens (including phenoxy) is 2. The number of fused-ring (bicyclic) bond motifs is 1. The highest BCUT2D eigenvalue weighted by Gasteiger charge is 2.24. The molecule has 0 spiro atoms. The normalized spacial score (nSPS) is 13.0. The lowest BCUT2D eigenvalue weighted by atomic mass is 10.2. The number of halogens is 1. The summed E-state index contributed by atoms with van der Waals surface area (Å²) in [6, 6.07) is 1.25. The van der Waals surface area contributed by atoms with E-state index in [1.165, 1.54) is 6.07 Å². The van der Waals surface area contributed by atoms with Gasteiger partial charge in [0, 0.05) is 6.07 Å². The van der Waals surface area contributed by atoms with E-state index in [4.69, 9.17) is 21.1 Å². The van der Waals surface area contributed by atoms with Gasteiger partial charge in [0.05, 0.1) is 10.6 Å². The quantitative estimate of drug-likeness (QED) is 0.700. The summed E-state index contributed by atoms with van der Waals surface area (Å²) in [6.07, 6.45) is 0.565. The number of rotatable bonds is 1. The van der Waals surface area contributed by atoms with Crippen LogP contribution in [0.25, 0.3) is 0 Å². The molecule has 0 radical (unpaired) electrons. The standard InChI is InChI=1S/C8H5ClO4/c9-5-1-6(11)8-7(4(5)2-10)12-3-13-8/h1-2,11H,3H2. The van der Waals surface area contributed by atoms with E-state index in [2.05, 4.69) is 0 Å². The average Bonchev–Trinajstić information content (AvgIpc) is 2.53. The van der Waals surface area contributed by atoms with Gasteiger partial charge in [-0.15, -0.1) is 0 Å². The SMILES string of the molecule is O=Cc1c(Cl)cc(O)c2c1OCO2. The molecular weight excluding hydrogens is 196 g/mol. The Bertz CT molecular complexity index is 375. The van der Waals surface area contributed by atoms with Crippen LogP contribution < -0.4 is 9.47 Å². The molecule has 0 fully saturated rings. The van der Waals surface area contributed by atoms with Crippen LogP contribution in [0, 0.1) is 0 Å². The molecular formula is C8H5ClO4. The first-order valence-electron chi connectivity index (χ1n) is 3.50. The van der Waals surface area contributed by atoms with Crippen LogP contribution >= 0.6 is 11.6 Å². The summed E-state index contributed by atoms with van der Waals surface area (Å²) in [5.41, 5.74) is 0.201. The number of hydrogen-bond acceptors (Lipinski definition) is 4. The molecule has 0 amide bonds. The van der Waals surface area contributed by atoms with E-state index in [1.807, 2.05) is 0 Å². The van der Waals surface area contributed by atoms with Crippen molar-refractivity contribution in [3.8, 4) is 17.2 Å². The van der Waals surface area contributed by atoms with Gasteiger partial charge in [-0.25, -0.2) is 0 Å². The molecule has 1 N–H and O–H groups in total. The summed E-state index contributed by atoms with van der Waals surface area (Å²) >= 11 is 5.69. The molecule has 5 heteroatoms. The monoisotopic (exact) mass is 200 g/mol. The van der Waals surface area contributed by atoms with Crippen molar-refractivity contribution in [3.63, 3.8) is 0 Å². The predicted octanol–water partition coefficient (Wildman–Crippen LogP) is 1.59. The van der Waals surface area contributed by atoms with Gasteiger partial charge < -0.3 is 14.6 Å². The lowest BCUT2D eigenvalue weighted by molar-refractivity contribution is 0.111. The molecule has 0 saturated carbocycles. The fraction of sp³-hybridized carbons (Fsp3) is 0.125. The molecule has 1 aromatic rings. The van der Waals surface area contributed by atoms with Crippen molar-refractivity contribution >= 4 is 17.9 Å². The first-order chi connectivity index (χ1) is 6.24. The van der Waals surface area contributed by atoms with Crippen molar-refractivity contribution in [1.29, 1.82) is 0 Å². The highest BCUT2D eigenvalue weighted by molar-refractivity contribution is 6.33. The summed E-state index contributed by atoms with van der Waals surface area (Å²) in [6.45, 7) is -0.00985. The zero-order valence-corrected chi connectivity index (χ0v) is 7.17. The van der Waals surface area contributed by atoms with Gasteiger partial charge in [0.2, 0.25) is 12.5 Å². The molecule has 1 aliphatic rings. The van der Waals surface area contributed by atoms with Crippen LogP contribution in [0.1, 0.15) is 10.4 Å². The minimum atomic E-state index is -0.122. The Morgan fingerprint density at radius 2 is 2.15 bits per heavy atom. The minimum absolute atomic E-state index is 0.00985. The second-order valence-corrected chi connectivity index (χ2v) is 2.88. The van der Waals surface area contributed by atoms with E-state index < -0.39 is 0 Å². The van der Waals surface area contributed by atoms with E-state index in [1.54, 1.807) is 0 Å². The van der Waals surface area contributed by atoms with Gasteiger partial charge in [0.25, 0.3) is 0 Å². The van der Waals surface area contributed by atoms with Crippen LogP contribution in [-0.2, 0) is 0 Å². The number of phenolic OH excluding ortho intramolecular Hbond substituents is 1. The minimum Gasteiger partial charge on any atom is -0.504 e. The zero-order valence-electron chi connectivity index (χ0n) is 6.41. The van der Waals surface area contributed by atoms with Gasteiger partial charge in [0.15, 0.2) is 17.8 Å². The Morgan fingerprint density at radius 3 is 2.85 bits per heavy atom. The molecule has 0 aromatic heterocycles. The first-order valence-corrected chi connectivity index (χ1v) is 3.88. The van der Waals surface area contributed by atoms with E-state index in [9.17, 15) is 9.90 Å². The highest BCUT2D eigenvalue weighted by Crippen LogP contribution is 2.45. The number of hydrogen-bond donors (Lipinski definition) is 1. The fourth-order valence-electron chi connectivity index (χ4n) is 1.15. The zero-order chi connectivity index (χ0) is 9.42. The predicted molar refractivity (Wildman–Crippen MR) is 44.6 cm³/mol. The second kappa shape index (κ2) is 2.81. The van der Waals surface area contributed by atoms with Crippen LogP contribution in [0.3, 0.4) is 0 Å². The van der Waals surface area contributed by atoms with Crippen LogP contribution in [0.2, 0.25) is 5.02 Å². The number of benzene rings is 1. The van der Waals surface area contributed by atoms with Gasteiger partial charge in [-0.05, 0) is 0 Å². The Morgan fingerprint density at radius 1 is 1.46 bits per heavy atom. The second-order valence-electron chi connectivity index (χ2n) is 2.47. The van der Waals surface area contributed by atoms with Gasteiger partial charge in [-0.2, -0.15) is 0 Å². The molecule has 0 aliphatic carbocycles. The van der Waals surface area contributed by atoms with Gasteiger partial charge in [-0.3, -0.25) is 4.79 Å². The molecule has 1 aliphatic heterocycles. The lowest BCUT2D eigenvalue weighted by Gasteiger charge is -2.03. The maximum Gasteiger partial charge on any atom is 0.231 e. The third-order valence-electron chi connectivity index (χ3n) is 1.73. The van der Waals surface area contributed by atoms with E-state index in [0.29, 0.717) is 6.29 Å². The Balaban J connectivity index is 2.71. The third kappa shape index (κ3) is 1.10. The van der Waals surface area contributed by atoms with Gasteiger partial charge in [-0.1, -0.05) is 11.6 Å². The first kappa shape index (κ1) is 8.19. The van der Waals surface area contributed by atoms with Gasteiger partial charge >= 0.3 is 0 Å². The molecule has 13 heavy (non-hydrogen) atoms. The number of phenols is 1. The number of aromatic hydroxyl groups is 1. The summed E-state index contributed by atoms with van der Waals surface area (Å²) in [5.74, 6) is 0.259. The van der Waals surface area contributed by atoms with Crippen LogP contribution in [0.15, 0.2) is 6.07 Å². The van der Waals surface area contributed by atoms with Crippen LogP contribution in [0.4, 0.5) is 0 Å². The Kier molecular flexibility index (Phi) is 1.77. The molecule has 0 unspecified atom stereocenters. The van der Waals surface area contributed by atoms with Crippen molar-refractivity contribution in [3.05, 3.63) is 16.7 Å². The molecule has 1 heterocycles. The molecule has 0 bridgehead atoms. The Hall–Kier alpha value is -1.42. The smallest absolute Gasteiger partial charge is 0.231 e. The van der Waals surface area contributed by atoms with Crippen molar-refractivity contribution < 1.29 is 19.4 Å². The molecule has 1 aromatic carbocycles. The molecule has 68 valence electrons. The van der Waals surface area contributed by atoms with Gasteiger partial charge in [0.1, 0.15) is 0 Å². The van der Waals surface area contributed by atoms with E-state index in [-0.39, 0.29) is 34.6 Å². The highest BCUT2D eigenvalue weighted by atomic mass is 35.5. The summed E-state index contributed by atoms with van der Waals surface area (Å²) in [4.78, 5) is 10.6. The van der Waals surface area contributed by atoms with Crippen molar-refractivity contribution in [2.45, 2.75) is 0 Å². The van der Waals surface area contributed by atoms with E-state index in [0.717, 1.165) is 0 Å².